The number of ether oxygens (including phenoxy) is 1. The van der Waals surface area contributed by atoms with Gasteiger partial charge in [0.05, 0.1) is 13.2 Å². The van der Waals surface area contributed by atoms with Gasteiger partial charge in [-0.25, -0.2) is 4.79 Å². The quantitative estimate of drug-likeness (QED) is 0.754. The van der Waals surface area contributed by atoms with Crippen LogP contribution >= 0.6 is 0 Å². The van der Waals surface area contributed by atoms with E-state index in [1.165, 1.54) is 6.42 Å². The molecule has 0 heterocycles. The van der Waals surface area contributed by atoms with Gasteiger partial charge in [0.25, 0.3) is 0 Å². The molecule has 1 aromatic carbocycles. The van der Waals surface area contributed by atoms with Crippen molar-refractivity contribution >= 4 is 17.6 Å². The Bertz CT molecular complexity index is 510. The van der Waals surface area contributed by atoms with Gasteiger partial charge in [-0.2, -0.15) is 0 Å². The van der Waals surface area contributed by atoms with Gasteiger partial charge in [-0.05, 0) is 44.0 Å². The predicted octanol–water partition coefficient (Wildman–Crippen LogP) is 2.66. The third kappa shape index (κ3) is 6.18. The van der Waals surface area contributed by atoms with Gasteiger partial charge in [0, 0.05) is 11.7 Å². The first-order valence-corrected chi connectivity index (χ1v) is 8.24. The molecule has 0 bridgehead atoms. The molecule has 0 aromatic heterocycles. The second kappa shape index (κ2) is 9.02. The van der Waals surface area contributed by atoms with Crippen molar-refractivity contribution in [3.8, 4) is 5.75 Å². The predicted molar refractivity (Wildman–Crippen MR) is 89.6 cm³/mol. The molecule has 2 rings (SSSR count). The molecule has 1 aliphatic carbocycles. The molecule has 126 valence electrons. The van der Waals surface area contributed by atoms with E-state index in [-0.39, 0.29) is 24.5 Å². The zero-order valence-electron chi connectivity index (χ0n) is 13.6. The van der Waals surface area contributed by atoms with Gasteiger partial charge in [-0.1, -0.05) is 19.3 Å². The van der Waals surface area contributed by atoms with Gasteiger partial charge < -0.3 is 20.7 Å². The van der Waals surface area contributed by atoms with E-state index >= 15 is 0 Å². The van der Waals surface area contributed by atoms with Crippen molar-refractivity contribution in [2.45, 2.75) is 45.1 Å². The maximum absolute atomic E-state index is 11.8. The molecule has 3 amide bonds. The second-order valence-electron chi connectivity index (χ2n) is 5.67. The molecule has 0 radical (unpaired) electrons. The zero-order valence-corrected chi connectivity index (χ0v) is 13.6. The average molecular weight is 319 g/mol. The molecule has 0 unspecified atom stereocenters. The number of nitrogens with one attached hydrogen (secondary N) is 3. The van der Waals surface area contributed by atoms with Gasteiger partial charge in [0.15, 0.2) is 0 Å². The molecular weight excluding hydrogens is 294 g/mol. The minimum atomic E-state index is -0.279. The van der Waals surface area contributed by atoms with Crippen LogP contribution < -0.4 is 20.7 Å². The highest BCUT2D eigenvalue weighted by Crippen LogP contribution is 2.17. The van der Waals surface area contributed by atoms with Crippen molar-refractivity contribution in [3.05, 3.63) is 24.3 Å². The summed E-state index contributed by atoms with van der Waals surface area (Å²) in [5.41, 5.74) is 0.674. The van der Waals surface area contributed by atoms with E-state index in [0.29, 0.717) is 12.3 Å². The van der Waals surface area contributed by atoms with Crippen LogP contribution in [0.4, 0.5) is 10.5 Å². The van der Waals surface area contributed by atoms with Gasteiger partial charge >= 0.3 is 6.03 Å². The Hall–Kier alpha value is -2.24. The molecule has 6 nitrogen and oxygen atoms in total. The van der Waals surface area contributed by atoms with E-state index < -0.39 is 0 Å². The fraction of sp³-hybridized carbons (Fsp3) is 0.529. The van der Waals surface area contributed by atoms with Crippen molar-refractivity contribution in [2.75, 3.05) is 18.5 Å². The van der Waals surface area contributed by atoms with Crippen molar-refractivity contribution in [3.63, 3.8) is 0 Å². The SMILES string of the molecule is CCOc1ccc(NC(=O)CNC(=O)NC2CCCCC2)cc1. The highest BCUT2D eigenvalue weighted by atomic mass is 16.5. The molecular formula is C17H25N3O3. The normalized spacial score (nSPS) is 14.8. The monoisotopic (exact) mass is 319 g/mol. The summed E-state index contributed by atoms with van der Waals surface area (Å²) in [4.78, 5) is 23.6. The third-order valence-electron chi connectivity index (χ3n) is 3.80. The van der Waals surface area contributed by atoms with Crippen molar-refractivity contribution in [1.29, 1.82) is 0 Å². The van der Waals surface area contributed by atoms with Crippen molar-refractivity contribution in [2.24, 2.45) is 0 Å². The average Bonchev–Trinajstić information content (AvgIpc) is 2.56. The smallest absolute Gasteiger partial charge is 0.315 e. The molecule has 3 N–H and O–H groups in total. The number of anilines is 1. The molecule has 6 heteroatoms. The topological polar surface area (TPSA) is 79.5 Å². The Morgan fingerprint density at radius 2 is 1.83 bits per heavy atom. The number of hydrogen-bond acceptors (Lipinski definition) is 3. The number of rotatable bonds is 6. The summed E-state index contributed by atoms with van der Waals surface area (Å²) < 4.78 is 5.34. The number of amides is 3. The van der Waals surface area contributed by atoms with Crippen LogP contribution in [0.25, 0.3) is 0 Å². The van der Waals surface area contributed by atoms with Crippen LogP contribution in [0.5, 0.6) is 5.75 Å². The molecule has 0 saturated heterocycles. The van der Waals surface area contributed by atoms with Crippen LogP contribution in [0, 0.1) is 0 Å². The fourth-order valence-electron chi connectivity index (χ4n) is 2.65. The molecule has 1 aromatic rings. The Morgan fingerprint density at radius 1 is 1.13 bits per heavy atom. The van der Waals surface area contributed by atoms with E-state index in [2.05, 4.69) is 16.0 Å². The Balaban J connectivity index is 1.68. The van der Waals surface area contributed by atoms with Gasteiger partial charge in [-0.15, -0.1) is 0 Å². The standard InChI is InChI=1S/C17H25N3O3/c1-2-23-15-10-8-14(9-11-15)19-16(21)12-18-17(22)20-13-6-4-3-5-7-13/h8-11,13H,2-7,12H2,1H3,(H,19,21)(H2,18,20,22). The van der Waals surface area contributed by atoms with Crippen molar-refractivity contribution in [1.82, 2.24) is 10.6 Å². The second-order valence-corrected chi connectivity index (χ2v) is 5.67. The number of hydrogen-bond donors (Lipinski definition) is 3. The van der Waals surface area contributed by atoms with Crippen LogP contribution in [-0.2, 0) is 4.79 Å². The van der Waals surface area contributed by atoms with E-state index in [4.69, 9.17) is 4.74 Å². The summed E-state index contributed by atoms with van der Waals surface area (Å²) in [5.74, 6) is 0.503. The van der Waals surface area contributed by atoms with Crippen LogP contribution in [0.3, 0.4) is 0 Å². The maximum atomic E-state index is 11.8. The molecule has 0 aliphatic heterocycles. The van der Waals surface area contributed by atoms with Gasteiger partial charge in [-0.3, -0.25) is 4.79 Å². The third-order valence-corrected chi connectivity index (χ3v) is 3.80. The molecule has 0 atom stereocenters. The summed E-state index contributed by atoms with van der Waals surface area (Å²) in [5, 5.41) is 8.24. The first-order valence-electron chi connectivity index (χ1n) is 8.24. The van der Waals surface area contributed by atoms with Crippen molar-refractivity contribution < 1.29 is 14.3 Å². The lowest BCUT2D eigenvalue weighted by Crippen LogP contribution is -2.45. The molecule has 1 fully saturated rings. The number of carbonyl (C=O) groups is 2. The Labute approximate surface area is 137 Å². The molecule has 0 spiro atoms. The zero-order chi connectivity index (χ0) is 16.5. The van der Waals surface area contributed by atoms with Crippen LogP contribution in [-0.4, -0.2) is 31.1 Å². The summed E-state index contributed by atoms with van der Waals surface area (Å²) in [7, 11) is 0. The maximum Gasteiger partial charge on any atom is 0.315 e. The van der Waals surface area contributed by atoms with E-state index in [9.17, 15) is 9.59 Å². The van der Waals surface area contributed by atoms with Gasteiger partial charge in [0.1, 0.15) is 5.75 Å². The highest BCUT2D eigenvalue weighted by molar-refractivity contribution is 5.94. The largest absolute Gasteiger partial charge is 0.494 e. The van der Waals surface area contributed by atoms with Crippen LogP contribution in [0.15, 0.2) is 24.3 Å². The van der Waals surface area contributed by atoms with Gasteiger partial charge in [0.2, 0.25) is 5.91 Å². The first-order chi connectivity index (χ1) is 11.2. The molecule has 1 saturated carbocycles. The lowest BCUT2D eigenvalue weighted by atomic mass is 9.96. The van der Waals surface area contributed by atoms with E-state index in [1.807, 2.05) is 6.92 Å². The van der Waals surface area contributed by atoms with Crippen LogP contribution in [0.1, 0.15) is 39.0 Å². The number of carbonyl (C=O) groups excluding carboxylic acids is 2. The first kappa shape index (κ1) is 17.1. The lowest BCUT2D eigenvalue weighted by molar-refractivity contribution is -0.115. The fourth-order valence-corrected chi connectivity index (χ4v) is 2.65. The van der Waals surface area contributed by atoms with Crippen LogP contribution in [0.2, 0.25) is 0 Å². The van der Waals surface area contributed by atoms with E-state index in [1.54, 1.807) is 24.3 Å². The Kier molecular flexibility index (Phi) is 6.72. The summed E-state index contributed by atoms with van der Waals surface area (Å²) in [6.07, 6.45) is 5.59. The minimum Gasteiger partial charge on any atom is -0.494 e. The number of benzene rings is 1. The summed E-state index contributed by atoms with van der Waals surface area (Å²) in [6, 6.07) is 7.08. The van der Waals surface area contributed by atoms with E-state index in [0.717, 1.165) is 31.4 Å². The molecule has 1 aliphatic rings. The number of urea groups is 1. The highest BCUT2D eigenvalue weighted by Gasteiger charge is 2.15. The molecule has 23 heavy (non-hydrogen) atoms. The summed E-state index contributed by atoms with van der Waals surface area (Å²) in [6.45, 7) is 2.47. The Morgan fingerprint density at radius 3 is 2.48 bits per heavy atom. The minimum absolute atomic E-state index is 0.0498. The summed E-state index contributed by atoms with van der Waals surface area (Å²) >= 11 is 0. The lowest BCUT2D eigenvalue weighted by Gasteiger charge is -2.22.